The summed E-state index contributed by atoms with van der Waals surface area (Å²) in [5, 5.41) is 1.81. The summed E-state index contributed by atoms with van der Waals surface area (Å²) in [5.41, 5.74) is 6.50. The lowest BCUT2D eigenvalue weighted by Crippen LogP contribution is -2.57. The van der Waals surface area contributed by atoms with Crippen molar-refractivity contribution >= 4 is 41.7 Å². The molecule has 67 heavy (non-hydrogen) atoms. The molecule has 5 heterocycles. The summed E-state index contributed by atoms with van der Waals surface area (Å²) < 4.78 is 74.1. The fraction of sp³-hybridized carbons (Fsp3) is 0.604. The second-order valence-electron chi connectivity index (χ2n) is 21.8. The minimum absolute atomic E-state index is 0.0211. The fourth-order valence-corrected chi connectivity index (χ4v) is 18.1. The minimum atomic E-state index is -2.33. The van der Waals surface area contributed by atoms with Gasteiger partial charge in [-0.15, -0.1) is 5.54 Å². The standard InChI is InChI=1S/C53H68F3N5O5Si/c1-31(2)67(32(3)4,33(5)6)22-19-41-43(55)18-15-34-23-38(65-30-63-10)24-42(44(34)41)45-39-13-11-14-40(39)46-48(47(45)56)57-50(64-29-53-20-12-21-60(53)26-35(54)25-53)58-49(46)59-27-36-16-17-37(28-59)61(36)51(62)66-52(7,8)9/h15,18,23-24,31-33,35-37H,11-14,16-17,20-21,25-30H2,1-10H3/t35-,36?,37?,53+/m1/s1. The van der Waals surface area contributed by atoms with E-state index in [0.29, 0.717) is 94.4 Å². The van der Waals surface area contributed by atoms with Gasteiger partial charge in [0, 0.05) is 49.5 Å². The van der Waals surface area contributed by atoms with Crippen LogP contribution in [0.4, 0.5) is 23.8 Å². The second-order valence-corrected chi connectivity index (χ2v) is 27.4. The lowest BCUT2D eigenvalue weighted by molar-refractivity contribution is 0.0122. The number of hydrogen-bond acceptors (Lipinski definition) is 9. The molecule has 0 spiro atoms. The average molecular weight is 940 g/mol. The number of ether oxygens (including phenoxy) is 4. The fourth-order valence-electron chi connectivity index (χ4n) is 12.9. The predicted molar refractivity (Wildman–Crippen MR) is 260 cm³/mol. The van der Waals surface area contributed by atoms with Gasteiger partial charge in [-0.25, -0.2) is 18.0 Å². The number of anilines is 1. The van der Waals surface area contributed by atoms with Gasteiger partial charge >= 0.3 is 12.1 Å². The number of hydrogen-bond donors (Lipinski definition) is 0. The summed E-state index contributed by atoms with van der Waals surface area (Å²) in [6, 6.07) is 6.54. The summed E-state index contributed by atoms with van der Waals surface area (Å²) in [7, 11) is -0.784. The number of aryl methyl sites for hydroxylation is 1. The number of rotatable bonds is 11. The van der Waals surface area contributed by atoms with Crippen molar-refractivity contribution < 1.29 is 36.9 Å². The van der Waals surface area contributed by atoms with Crippen LogP contribution in [0.2, 0.25) is 16.6 Å². The predicted octanol–water partition coefficient (Wildman–Crippen LogP) is 11.3. The van der Waals surface area contributed by atoms with Gasteiger partial charge in [-0.2, -0.15) is 9.97 Å². The van der Waals surface area contributed by atoms with E-state index in [-0.39, 0.29) is 48.7 Å². The van der Waals surface area contributed by atoms with Crippen LogP contribution >= 0.6 is 0 Å². The lowest BCUT2D eigenvalue weighted by atomic mass is 9.88. The Bertz CT molecular complexity index is 2610. The lowest BCUT2D eigenvalue weighted by Gasteiger charge is -2.42. The molecule has 10 nitrogen and oxygen atoms in total. The van der Waals surface area contributed by atoms with Crippen molar-refractivity contribution in [3.8, 4) is 34.4 Å². The van der Waals surface area contributed by atoms with Crippen molar-refractivity contribution in [1.82, 2.24) is 19.8 Å². The van der Waals surface area contributed by atoms with Gasteiger partial charge in [0.1, 0.15) is 49.4 Å². The number of carbonyl (C=O) groups excluding carboxylic acids is 1. The SMILES string of the molecule is COCOc1cc(-c2c3c(c4c(N5CC6CCC(C5)N6C(=O)OC(C)(C)C)nc(OC[C@@]56CCCN5C[C@H](F)C6)nc4c2F)CCC3)c2c(C#C[Si](C(C)C)(C(C)C)C(C)C)c(F)ccc2c1. The summed E-state index contributed by atoms with van der Waals surface area (Å²) in [6.07, 6.45) is 4.43. The highest BCUT2D eigenvalue weighted by molar-refractivity contribution is 6.90. The van der Waals surface area contributed by atoms with E-state index < -0.39 is 37.0 Å². The van der Waals surface area contributed by atoms with Crippen molar-refractivity contribution in [1.29, 1.82) is 0 Å². The van der Waals surface area contributed by atoms with Crippen LogP contribution in [-0.2, 0) is 22.3 Å². The van der Waals surface area contributed by atoms with Crippen LogP contribution in [0.15, 0.2) is 24.3 Å². The van der Waals surface area contributed by atoms with E-state index in [9.17, 15) is 9.18 Å². The third kappa shape index (κ3) is 8.43. The Labute approximate surface area is 395 Å². The number of fused-ring (bicyclic) bond motifs is 7. The molecule has 2 unspecified atom stereocenters. The van der Waals surface area contributed by atoms with E-state index >= 15 is 8.78 Å². The molecule has 4 aromatic rings. The van der Waals surface area contributed by atoms with E-state index in [2.05, 4.69) is 62.8 Å². The monoisotopic (exact) mass is 939 g/mol. The highest BCUT2D eigenvalue weighted by Gasteiger charge is 2.50. The topological polar surface area (TPSA) is 89.5 Å². The zero-order chi connectivity index (χ0) is 47.7. The van der Waals surface area contributed by atoms with Crippen LogP contribution in [0.25, 0.3) is 32.8 Å². The van der Waals surface area contributed by atoms with E-state index in [4.69, 9.17) is 28.9 Å². The average Bonchev–Trinajstić information content (AvgIpc) is 4.03. The molecule has 360 valence electrons. The molecule has 1 amide bonds. The van der Waals surface area contributed by atoms with E-state index in [1.807, 2.05) is 31.7 Å². The second kappa shape index (κ2) is 18.1. The van der Waals surface area contributed by atoms with Crippen LogP contribution in [-0.4, -0.2) is 110 Å². The number of aromatic nitrogens is 2. The molecule has 1 aliphatic carbocycles. The van der Waals surface area contributed by atoms with Crippen molar-refractivity contribution in [2.75, 3.05) is 51.6 Å². The Morgan fingerprint density at radius 1 is 0.925 bits per heavy atom. The molecule has 9 rings (SSSR count). The Kier molecular flexibility index (Phi) is 12.8. The first-order valence-electron chi connectivity index (χ1n) is 24.6. The number of halogens is 3. The molecule has 0 saturated carbocycles. The maximum Gasteiger partial charge on any atom is 0.410 e. The number of piperazine rings is 1. The number of benzene rings is 3. The highest BCUT2D eigenvalue weighted by Crippen LogP contribution is 2.49. The Hall–Kier alpha value is -4.58. The first-order valence-corrected chi connectivity index (χ1v) is 26.8. The zero-order valence-electron chi connectivity index (χ0n) is 41.1. The van der Waals surface area contributed by atoms with Gasteiger partial charge in [0.05, 0.1) is 23.2 Å². The summed E-state index contributed by atoms with van der Waals surface area (Å²) in [6.45, 7) is 21.2. The number of nitrogens with zero attached hydrogens (tertiary/aromatic N) is 5. The van der Waals surface area contributed by atoms with Gasteiger partial charge < -0.3 is 23.8 Å². The molecule has 3 aromatic carbocycles. The van der Waals surface area contributed by atoms with E-state index in [0.717, 1.165) is 49.8 Å². The van der Waals surface area contributed by atoms with Gasteiger partial charge in [0.25, 0.3) is 0 Å². The van der Waals surface area contributed by atoms with Gasteiger partial charge in [0.2, 0.25) is 0 Å². The first kappa shape index (κ1) is 47.5. The largest absolute Gasteiger partial charge is 0.468 e. The molecule has 1 aromatic heterocycles. The van der Waals surface area contributed by atoms with Gasteiger partial charge in [-0.05, 0) is 129 Å². The van der Waals surface area contributed by atoms with Crippen molar-refractivity contribution in [2.24, 2.45) is 0 Å². The number of carbonyl (C=O) groups is 1. The molecule has 4 fully saturated rings. The zero-order valence-corrected chi connectivity index (χ0v) is 42.1. The molecule has 4 saturated heterocycles. The van der Waals surface area contributed by atoms with Gasteiger partial charge in [-0.1, -0.05) is 53.5 Å². The number of amides is 1. The van der Waals surface area contributed by atoms with E-state index in [1.54, 1.807) is 19.2 Å². The maximum atomic E-state index is 18.6. The smallest absolute Gasteiger partial charge is 0.410 e. The molecule has 4 aliphatic heterocycles. The van der Waals surface area contributed by atoms with Gasteiger partial charge in [-0.3, -0.25) is 9.80 Å². The summed E-state index contributed by atoms with van der Waals surface area (Å²) in [5.74, 6) is 3.42. The Morgan fingerprint density at radius 2 is 1.63 bits per heavy atom. The highest BCUT2D eigenvalue weighted by atomic mass is 28.3. The maximum absolute atomic E-state index is 18.6. The molecular weight excluding hydrogens is 872 g/mol. The molecule has 5 aliphatic rings. The number of alkyl halides is 1. The Morgan fingerprint density at radius 3 is 2.30 bits per heavy atom. The summed E-state index contributed by atoms with van der Waals surface area (Å²) >= 11 is 0. The third-order valence-electron chi connectivity index (χ3n) is 15.7. The van der Waals surface area contributed by atoms with Gasteiger partial charge in [0.15, 0.2) is 12.6 Å². The van der Waals surface area contributed by atoms with Crippen molar-refractivity contribution in [3.05, 3.63) is 52.6 Å². The molecule has 0 radical (unpaired) electrons. The van der Waals surface area contributed by atoms with Crippen molar-refractivity contribution in [3.63, 3.8) is 0 Å². The Balaban J connectivity index is 1.26. The third-order valence-corrected chi connectivity index (χ3v) is 21.9. The van der Waals surface area contributed by atoms with Crippen LogP contribution < -0.4 is 14.4 Å². The molecular formula is C53H68F3N5O5Si. The minimum Gasteiger partial charge on any atom is -0.468 e. The quantitative estimate of drug-likeness (QED) is 0.0828. The first-order chi connectivity index (χ1) is 31.9. The molecule has 14 heteroatoms. The van der Waals surface area contributed by atoms with Crippen molar-refractivity contribution in [2.45, 2.75) is 160 Å². The summed E-state index contributed by atoms with van der Waals surface area (Å²) in [4.78, 5) is 29.9. The van der Waals surface area contributed by atoms with Crippen LogP contribution in [0.3, 0.4) is 0 Å². The van der Waals surface area contributed by atoms with Crippen LogP contribution in [0, 0.1) is 23.1 Å². The molecule has 2 bridgehead atoms. The van der Waals surface area contributed by atoms with Crippen LogP contribution in [0.1, 0.15) is 118 Å². The normalized spacial score (nSPS) is 22.9. The van der Waals surface area contributed by atoms with Crippen LogP contribution in [0.5, 0.6) is 11.8 Å². The number of methoxy groups -OCH3 is 1. The molecule has 4 atom stereocenters. The molecule has 0 N–H and O–H groups in total. The van der Waals surface area contributed by atoms with E-state index in [1.165, 1.54) is 6.07 Å².